The third-order valence-corrected chi connectivity index (χ3v) is 11.7. The zero-order chi connectivity index (χ0) is 28.8. The monoisotopic (exact) mass is 595 g/mol. The SMILES string of the molecule is O=C(O)C1CC2CCC(OCC3CCC(C(F)(F)F)C(F)C3)CC2N(S(=O)(=O)C2CCCC(C(F)(F)F)C2)C1. The summed E-state index contributed by atoms with van der Waals surface area (Å²) in [7, 11) is -4.24. The minimum Gasteiger partial charge on any atom is -0.481 e. The summed E-state index contributed by atoms with van der Waals surface area (Å²) < 4.78 is 128. The van der Waals surface area contributed by atoms with E-state index in [0.717, 1.165) is 4.31 Å². The van der Waals surface area contributed by atoms with Crippen molar-refractivity contribution >= 4 is 16.0 Å². The fourth-order valence-electron chi connectivity index (χ4n) is 7.11. The van der Waals surface area contributed by atoms with Gasteiger partial charge in [-0.3, -0.25) is 4.79 Å². The Hall–Kier alpha value is -1.15. The van der Waals surface area contributed by atoms with Crippen molar-refractivity contribution in [3.05, 3.63) is 0 Å². The third-order valence-electron chi connectivity index (χ3n) is 9.32. The number of piperidine rings is 1. The molecule has 4 fully saturated rings. The van der Waals surface area contributed by atoms with Crippen molar-refractivity contribution in [1.82, 2.24) is 4.31 Å². The molecule has 14 heteroatoms. The van der Waals surface area contributed by atoms with E-state index in [9.17, 15) is 49.1 Å². The Labute approximate surface area is 223 Å². The molecule has 9 unspecified atom stereocenters. The van der Waals surface area contributed by atoms with E-state index in [1.54, 1.807) is 0 Å². The summed E-state index contributed by atoms with van der Waals surface area (Å²) >= 11 is 0. The molecule has 1 saturated heterocycles. The van der Waals surface area contributed by atoms with Crippen molar-refractivity contribution in [3.63, 3.8) is 0 Å². The lowest BCUT2D eigenvalue weighted by Gasteiger charge is -2.48. The van der Waals surface area contributed by atoms with Crippen LogP contribution in [0.4, 0.5) is 30.7 Å². The van der Waals surface area contributed by atoms with Crippen molar-refractivity contribution in [3.8, 4) is 0 Å². The van der Waals surface area contributed by atoms with Gasteiger partial charge in [-0.2, -0.15) is 30.6 Å². The number of ether oxygens (including phenoxy) is 1. The molecule has 0 aromatic carbocycles. The summed E-state index contributed by atoms with van der Waals surface area (Å²) in [5.41, 5.74) is 0. The lowest BCUT2D eigenvalue weighted by Crippen LogP contribution is -2.58. The van der Waals surface area contributed by atoms with Crippen LogP contribution in [0.1, 0.15) is 70.6 Å². The number of halogens is 7. The first-order valence-electron chi connectivity index (χ1n) is 13.7. The van der Waals surface area contributed by atoms with Gasteiger partial charge >= 0.3 is 18.3 Å². The van der Waals surface area contributed by atoms with Gasteiger partial charge in [0.25, 0.3) is 0 Å². The number of carboxylic acids is 1. The zero-order valence-electron chi connectivity index (χ0n) is 21.5. The van der Waals surface area contributed by atoms with Crippen molar-refractivity contribution in [2.24, 2.45) is 29.6 Å². The summed E-state index contributed by atoms with van der Waals surface area (Å²) in [6.45, 7) is -0.281. The highest BCUT2D eigenvalue weighted by atomic mass is 32.2. The summed E-state index contributed by atoms with van der Waals surface area (Å²) in [6.07, 6.45) is -11.1. The number of sulfonamides is 1. The number of aliphatic carboxylic acids is 1. The molecular formula is C25H36F7NO5S. The average molecular weight is 596 g/mol. The van der Waals surface area contributed by atoms with E-state index in [4.69, 9.17) is 4.74 Å². The molecule has 9 atom stereocenters. The smallest absolute Gasteiger partial charge is 0.394 e. The van der Waals surface area contributed by atoms with E-state index in [1.807, 2.05) is 0 Å². The van der Waals surface area contributed by atoms with Crippen LogP contribution in [-0.2, 0) is 19.6 Å². The topological polar surface area (TPSA) is 83.9 Å². The molecule has 0 aromatic heterocycles. The minimum absolute atomic E-state index is 0.0352. The number of hydrogen-bond acceptors (Lipinski definition) is 4. The van der Waals surface area contributed by atoms with Gasteiger partial charge in [0.15, 0.2) is 0 Å². The van der Waals surface area contributed by atoms with Gasteiger partial charge in [-0.05, 0) is 76.0 Å². The summed E-state index contributed by atoms with van der Waals surface area (Å²) in [4.78, 5) is 11.8. The van der Waals surface area contributed by atoms with Gasteiger partial charge < -0.3 is 9.84 Å². The first-order valence-corrected chi connectivity index (χ1v) is 15.2. The molecule has 0 amide bonds. The number of rotatable bonds is 6. The highest BCUT2D eigenvalue weighted by molar-refractivity contribution is 7.89. The number of alkyl halides is 7. The van der Waals surface area contributed by atoms with Gasteiger partial charge in [-0.15, -0.1) is 0 Å². The second-order valence-corrected chi connectivity index (χ2v) is 14.0. The van der Waals surface area contributed by atoms with Crippen molar-refractivity contribution in [2.75, 3.05) is 13.2 Å². The number of fused-ring (bicyclic) bond motifs is 1. The second-order valence-electron chi connectivity index (χ2n) is 11.9. The van der Waals surface area contributed by atoms with Crippen LogP contribution in [0.15, 0.2) is 0 Å². The Balaban J connectivity index is 1.43. The zero-order valence-corrected chi connectivity index (χ0v) is 22.3. The van der Waals surface area contributed by atoms with Crippen molar-refractivity contribution in [1.29, 1.82) is 0 Å². The largest absolute Gasteiger partial charge is 0.481 e. The molecule has 0 aromatic rings. The highest BCUT2D eigenvalue weighted by Gasteiger charge is 2.52. The Morgan fingerprint density at radius 2 is 1.62 bits per heavy atom. The van der Waals surface area contributed by atoms with E-state index < -0.39 is 82.0 Å². The fraction of sp³-hybridized carbons (Fsp3) is 0.960. The Bertz CT molecular complexity index is 975. The van der Waals surface area contributed by atoms with Crippen molar-refractivity contribution < 1.29 is 53.8 Å². The van der Waals surface area contributed by atoms with Gasteiger partial charge in [0.1, 0.15) is 6.17 Å². The van der Waals surface area contributed by atoms with Crippen LogP contribution >= 0.6 is 0 Å². The summed E-state index contributed by atoms with van der Waals surface area (Å²) in [5.74, 6) is -6.53. The van der Waals surface area contributed by atoms with E-state index >= 15 is 0 Å². The van der Waals surface area contributed by atoms with E-state index in [2.05, 4.69) is 0 Å². The lowest BCUT2D eigenvalue weighted by atomic mass is 9.75. The highest BCUT2D eigenvalue weighted by Crippen LogP contribution is 2.45. The van der Waals surface area contributed by atoms with Crippen LogP contribution in [0, 0.1) is 29.6 Å². The first kappa shape index (κ1) is 30.8. The van der Waals surface area contributed by atoms with E-state index in [0.29, 0.717) is 12.8 Å². The third kappa shape index (κ3) is 7.02. The number of nitrogens with zero attached hydrogens (tertiary/aromatic N) is 1. The Kier molecular flexibility index (Phi) is 9.17. The van der Waals surface area contributed by atoms with Gasteiger partial charge in [-0.1, -0.05) is 6.42 Å². The number of hydrogen-bond donors (Lipinski definition) is 1. The first-order chi connectivity index (χ1) is 18.1. The number of carboxylic acid groups (broad SMARTS) is 1. The average Bonchev–Trinajstić information content (AvgIpc) is 2.85. The second kappa shape index (κ2) is 11.6. The van der Waals surface area contributed by atoms with E-state index in [-0.39, 0.29) is 70.4 Å². The van der Waals surface area contributed by atoms with Gasteiger partial charge in [0.05, 0.1) is 29.1 Å². The summed E-state index contributed by atoms with van der Waals surface area (Å²) in [6, 6.07) is -0.634. The molecule has 4 aliphatic rings. The maximum atomic E-state index is 14.2. The maximum Gasteiger partial charge on any atom is 0.394 e. The van der Waals surface area contributed by atoms with Crippen LogP contribution in [0.25, 0.3) is 0 Å². The predicted octanol–water partition coefficient (Wildman–Crippen LogP) is 5.71. The molecule has 0 spiro atoms. The Morgan fingerprint density at radius 3 is 2.23 bits per heavy atom. The number of carbonyl (C=O) groups is 1. The van der Waals surface area contributed by atoms with Crippen LogP contribution < -0.4 is 0 Å². The van der Waals surface area contributed by atoms with Gasteiger partial charge in [0, 0.05) is 19.2 Å². The molecular weight excluding hydrogens is 559 g/mol. The predicted molar refractivity (Wildman–Crippen MR) is 126 cm³/mol. The lowest BCUT2D eigenvalue weighted by molar-refractivity contribution is -0.202. The van der Waals surface area contributed by atoms with Gasteiger partial charge in [-0.25, -0.2) is 12.8 Å². The molecule has 0 bridgehead atoms. The molecule has 3 saturated carbocycles. The minimum atomic E-state index is -4.59. The van der Waals surface area contributed by atoms with Crippen LogP contribution in [0.5, 0.6) is 0 Å². The van der Waals surface area contributed by atoms with Crippen molar-refractivity contribution in [2.45, 2.75) is 107 Å². The molecule has 39 heavy (non-hydrogen) atoms. The molecule has 4 rings (SSSR count). The standard InChI is InChI=1S/C25H36F7NO5S/c26-21-8-14(4-7-20(21)25(30,31)32)13-38-18-6-5-15-9-16(23(34)35)12-33(22(15)11-18)39(36,37)19-3-1-2-17(10-19)24(27,28)29/h14-22H,1-13H2,(H,34,35). The molecule has 226 valence electrons. The Morgan fingerprint density at radius 1 is 0.897 bits per heavy atom. The quantitative estimate of drug-likeness (QED) is 0.398. The van der Waals surface area contributed by atoms with Crippen LogP contribution in [-0.4, -0.2) is 72.9 Å². The normalized spacial score (nSPS) is 39.2. The molecule has 3 aliphatic carbocycles. The van der Waals surface area contributed by atoms with Crippen LogP contribution in [0.3, 0.4) is 0 Å². The molecule has 0 radical (unpaired) electrons. The summed E-state index contributed by atoms with van der Waals surface area (Å²) in [5, 5.41) is 8.39. The molecule has 1 heterocycles. The van der Waals surface area contributed by atoms with Crippen LogP contribution in [0.2, 0.25) is 0 Å². The molecule has 1 aliphatic heterocycles. The fourth-order valence-corrected chi connectivity index (χ4v) is 9.45. The molecule has 6 nitrogen and oxygen atoms in total. The van der Waals surface area contributed by atoms with Gasteiger partial charge in [0.2, 0.25) is 10.0 Å². The molecule has 1 N–H and O–H groups in total. The van der Waals surface area contributed by atoms with E-state index in [1.165, 1.54) is 0 Å². The maximum absolute atomic E-state index is 14.2.